The number of hydrogen-bond acceptors (Lipinski definition) is 2. The van der Waals surface area contributed by atoms with E-state index in [4.69, 9.17) is 0 Å². The van der Waals surface area contributed by atoms with Crippen molar-refractivity contribution >= 4 is 5.78 Å². The summed E-state index contributed by atoms with van der Waals surface area (Å²) >= 11 is 0. The van der Waals surface area contributed by atoms with E-state index in [0.29, 0.717) is 0 Å². The van der Waals surface area contributed by atoms with Crippen molar-refractivity contribution in [2.24, 2.45) is 0 Å². The Morgan fingerprint density at radius 2 is 1.45 bits per heavy atom. The first-order valence-electron chi connectivity index (χ1n) is 6.52. The minimum absolute atomic E-state index is 0.155. The fraction of sp³-hybridized carbons (Fsp3) is 0.176. The molecule has 0 spiro atoms. The molecule has 2 aromatic carbocycles. The summed E-state index contributed by atoms with van der Waals surface area (Å²) in [7, 11) is 0. The quantitative estimate of drug-likeness (QED) is 0.791. The van der Waals surface area contributed by atoms with Crippen LogP contribution in [-0.2, 0) is 5.41 Å². The average molecular weight is 303 g/mol. The van der Waals surface area contributed by atoms with Crippen molar-refractivity contribution in [3.05, 3.63) is 71.8 Å². The lowest BCUT2D eigenvalue weighted by Gasteiger charge is -2.29. The SMILES string of the molecule is N#C[C@](CC(=O)c1ccccc1)(c1ccccc1)C(F)(F)F. The molecule has 0 bridgehead atoms. The molecule has 22 heavy (non-hydrogen) atoms. The van der Waals surface area contributed by atoms with Gasteiger partial charge in [0, 0.05) is 12.0 Å². The Morgan fingerprint density at radius 1 is 0.955 bits per heavy atom. The Hall–Kier alpha value is -2.61. The summed E-state index contributed by atoms with van der Waals surface area (Å²) in [6.07, 6.45) is -5.80. The molecule has 0 aromatic heterocycles. The van der Waals surface area contributed by atoms with Gasteiger partial charge in [-0.25, -0.2) is 0 Å². The third-order valence-corrected chi connectivity index (χ3v) is 3.46. The first kappa shape index (κ1) is 15.8. The standard InChI is InChI=1S/C17H12F3NO/c18-17(19,20)16(12-21,14-9-5-2-6-10-14)11-15(22)13-7-3-1-4-8-13/h1-10H,11H2/t16-/m1/s1. The molecule has 0 aliphatic rings. The van der Waals surface area contributed by atoms with Crippen LogP contribution < -0.4 is 0 Å². The molecule has 0 heterocycles. The maximum Gasteiger partial charge on any atom is 0.411 e. The Kier molecular flexibility index (Phi) is 4.32. The topological polar surface area (TPSA) is 40.9 Å². The highest BCUT2D eigenvalue weighted by atomic mass is 19.4. The molecule has 1 atom stereocenters. The van der Waals surface area contributed by atoms with Gasteiger partial charge in [0.1, 0.15) is 0 Å². The second-order valence-corrected chi connectivity index (χ2v) is 4.85. The molecule has 0 fully saturated rings. The third kappa shape index (κ3) is 2.86. The van der Waals surface area contributed by atoms with Gasteiger partial charge in [-0.1, -0.05) is 60.7 Å². The summed E-state index contributed by atoms with van der Waals surface area (Å²) in [6, 6.07) is 15.8. The Balaban J connectivity index is 2.47. The van der Waals surface area contributed by atoms with Crippen LogP contribution in [0.3, 0.4) is 0 Å². The summed E-state index contributed by atoms with van der Waals surface area (Å²) in [5.41, 5.74) is -2.92. The van der Waals surface area contributed by atoms with E-state index in [1.807, 2.05) is 0 Å². The van der Waals surface area contributed by atoms with Crippen LogP contribution in [0.2, 0.25) is 0 Å². The van der Waals surface area contributed by atoms with Gasteiger partial charge in [0.15, 0.2) is 11.2 Å². The largest absolute Gasteiger partial charge is 0.411 e. The summed E-state index contributed by atoms with van der Waals surface area (Å²) in [4.78, 5) is 12.2. The van der Waals surface area contributed by atoms with Gasteiger partial charge in [-0.2, -0.15) is 18.4 Å². The molecule has 0 radical (unpaired) electrons. The van der Waals surface area contributed by atoms with Gasteiger partial charge in [0.25, 0.3) is 0 Å². The minimum Gasteiger partial charge on any atom is -0.294 e. The maximum absolute atomic E-state index is 13.6. The van der Waals surface area contributed by atoms with Crippen LogP contribution in [0, 0.1) is 11.3 Å². The molecule has 0 amide bonds. The van der Waals surface area contributed by atoms with E-state index in [9.17, 15) is 23.2 Å². The third-order valence-electron chi connectivity index (χ3n) is 3.46. The first-order valence-corrected chi connectivity index (χ1v) is 6.52. The predicted octanol–water partition coefficient (Wildman–Crippen LogP) is 4.28. The van der Waals surface area contributed by atoms with Crippen LogP contribution in [-0.4, -0.2) is 12.0 Å². The molecule has 2 rings (SSSR count). The van der Waals surface area contributed by atoms with E-state index in [-0.39, 0.29) is 11.1 Å². The fourth-order valence-electron chi connectivity index (χ4n) is 2.22. The number of nitriles is 1. The Morgan fingerprint density at radius 3 is 1.91 bits per heavy atom. The van der Waals surface area contributed by atoms with Crippen LogP contribution in [0.1, 0.15) is 22.3 Å². The molecule has 5 heteroatoms. The van der Waals surface area contributed by atoms with Gasteiger partial charge in [-0.05, 0) is 5.56 Å². The Bertz CT molecular complexity index is 689. The lowest BCUT2D eigenvalue weighted by atomic mass is 9.76. The van der Waals surface area contributed by atoms with Crippen molar-refractivity contribution in [3.63, 3.8) is 0 Å². The van der Waals surface area contributed by atoms with E-state index >= 15 is 0 Å². The lowest BCUT2D eigenvalue weighted by molar-refractivity contribution is -0.172. The molecule has 0 saturated heterocycles. The van der Waals surface area contributed by atoms with Crippen molar-refractivity contribution in [1.82, 2.24) is 0 Å². The molecule has 112 valence electrons. The van der Waals surface area contributed by atoms with Crippen LogP contribution >= 0.6 is 0 Å². The van der Waals surface area contributed by atoms with Gasteiger partial charge < -0.3 is 0 Å². The minimum atomic E-state index is -4.85. The number of halogens is 3. The predicted molar refractivity (Wildman–Crippen MR) is 75.2 cm³/mol. The monoisotopic (exact) mass is 303 g/mol. The summed E-state index contributed by atoms with van der Waals surface area (Å²) < 4.78 is 40.7. The van der Waals surface area contributed by atoms with Gasteiger partial charge in [0.05, 0.1) is 6.07 Å². The first-order chi connectivity index (χ1) is 10.4. The van der Waals surface area contributed by atoms with Crippen molar-refractivity contribution in [2.45, 2.75) is 18.0 Å². The number of hydrogen-bond donors (Lipinski definition) is 0. The van der Waals surface area contributed by atoms with Crippen molar-refractivity contribution in [3.8, 4) is 6.07 Å². The van der Waals surface area contributed by atoms with Gasteiger partial charge in [0.2, 0.25) is 0 Å². The number of rotatable bonds is 4. The molecule has 0 saturated carbocycles. The molecule has 2 aromatic rings. The number of alkyl halides is 3. The number of Topliss-reactive ketones (excluding diaryl/α,β-unsaturated/α-hetero) is 1. The number of carbonyl (C=O) groups excluding carboxylic acids is 1. The molecule has 0 N–H and O–H groups in total. The summed E-state index contributed by atoms with van der Waals surface area (Å²) in [6.45, 7) is 0. The van der Waals surface area contributed by atoms with E-state index in [1.165, 1.54) is 42.5 Å². The number of nitrogens with zero attached hydrogens (tertiary/aromatic N) is 1. The van der Waals surface area contributed by atoms with Crippen LogP contribution in [0.4, 0.5) is 13.2 Å². The molecular weight excluding hydrogens is 291 g/mol. The average Bonchev–Trinajstić information content (AvgIpc) is 2.53. The normalized spacial score (nSPS) is 13.9. The van der Waals surface area contributed by atoms with Crippen molar-refractivity contribution in [2.75, 3.05) is 0 Å². The van der Waals surface area contributed by atoms with Crippen molar-refractivity contribution < 1.29 is 18.0 Å². The van der Waals surface area contributed by atoms with Gasteiger partial charge in [-0.3, -0.25) is 4.79 Å². The van der Waals surface area contributed by atoms with Crippen LogP contribution in [0.15, 0.2) is 60.7 Å². The lowest BCUT2D eigenvalue weighted by Crippen LogP contribution is -2.43. The fourth-order valence-corrected chi connectivity index (χ4v) is 2.22. The highest BCUT2D eigenvalue weighted by Crippen LogP contribution is 2.44. The highest BCUT2D eigenvalue weighted by molar-refractivity contribution is 5.97. The smallest absolute Gasteiger partial charge is 0.294 e. The molecule has 0 aliphatic heterocycles. The molecule has 0 aliphatic carbocycles. The number of carbonyl (C=O) groups is 1. The van der Waals surface area contributed by atoms with E-state index in [1.54, 1.807) is 24.3 Å². The van der Waals surface area contributed by atoms with Gasteiger partial charge in [-0.15, -0.1) is 0 Å². The Labute approximate surface area is 125 Å². The maximum atomic E-state index is 13.6. The summed E-state index contributed by atoms with van der Waals surface area (Å²) in [5, 5.41) is 9.24. The highest BCUT2D eigenvalue weighted by Gasteiger charge is 2.57. The van der Waals surface area contributed by atoms with Gasteiger partial charge >= 0.3 is 6.18 Å². The van der Waals surface area contributed by atoms with Crippen LogP contribution in [0.5, 0.6) is 0 Å². The summed E-state index contributed by atoms with van der Waals surface area (Å²) in [5.74, 6) is -0.719. The second-order valence-electron chi connectivity index (χ2n) is 4.85. The zero-order chi connectivity index (χ0) is 16.2. The molecule has 2 nitrogen and oxygen atoms in total. The van der Waals surface area contributed by atoms with Crippen LogP contribution in [0.25, 0.3) is 0 Å². The van der Waals surface area contributed by atoms with E-state index < -0.39 is 23.8 Å². The molecule has 0 unspecified atom stereocenters. The van der Waals surface area contributed by atoms with E-state index in [0.717, 1.165) is 0 Å². The van der Waals surface area contributed by atoms with E-state index in [2.05, 4.69) is 0 Å². The number of benzene rings is 2. The molecular formula is C17H12F3NO. The second kappa shape index (κ2) is 6.02. The number of ketones is 1. The zero-order valence-corrected chi connectivity index (χ0v) is 11.5. The zero-order valence-electron chi connectivity index (χ0n) is 11.5. The van der Waals surface area contributed by atoms with Crippen molar-refractivity contribution in [1.29, 1.82) is 5.26 Å².